The Bertz CT molecular complexity index is 363. The molecule has 0 aliphatic carbocycles. The fraction of sp³-hybridized carbons (Fsp3) is 0.733. The number of hydrogen-bond acceptors (Lipinski definition) is 4. The SMILES string of the molecule is CC1CN(C(C)CNCc2cccs2)CC1N(C)C. The quantitative estimate of drug-likeness (QED) is 0.861. The van der Waals surface area contributed by atoms with Crippen LogP contribution in [-0.2, 0) is 6.54 Å². The van der Waals surface area contributed by atoms with Gasteiger partial charge < -0.3 is 10.2 Å². The molecular formula is C15H27N3S. The molecule has 4 heteroatoms. The summed E-state index contributed by atoms with van der Waals surface area (Å²) in [6.45, 7) is 9.22. The minimum Gasteiger partial charge on any atom is -0.310 e. The fourth-order valence-electron chi connectivity index (χ4n) is 2.96. The number of rotatable bonds is 6. The van der Waals surface area contributed by atoms with Crippen molar-refractivity contribution in [2.75, 3.05) is 33.7 Å². The van der Waals surface area contributed by atoms with E-state index in [-0.39, 0.29) is 0 Å². The second kappa shape index (κ2) is 6.84. The molecule has 1 aromatic heterocycles. The topological polar surface area (TPSA) is 18.5 Å². The summed E-state index contributed by atoms with van der Waals surface area (Å²) in [4.78, 5) is 6.42. The number of nitrogens with one attached hydrogen (secondary N) is 1. The van der Waals surface area contributed by atoms with E-state index in [4.69, 9.17) is 0 Å². The zero-order valence-electron chi connectivity index (χ0n) is 12.6. The molecule has 0 amide bonds. The van der Waals surface area contributed by atoms with Crippen molar-refractivity contribution in [3.63, 3.8) is 0 Å². The van der Waals surface area contributed by atoms with E-state index < -0.39 is 0 Å². The van der Waals surface area contributed by atoms with Crippen LogP contribution < -0.4 is 5.32 Å². The molecule has 1 aliphatic rings. The molecule has 2 heterocycles. The minimum absolute atomic E-state index is 0.618. The highest BCUT2D eigenvalue weighted by atomic mass is 32.1. The number of nitrogens with zero attached hydrogens (tertiary/aromatic N) is 2. The molecule has 3 atom stereocenters. The largest absolute Gasteiger partial charge is 0.310 e. The lowest BCUT2D eigenvalue weighted by Gasteiger charge is -2.26. The van der Waals surface area contributed by atoms with Gasteiger partial charge in [0.05, 0.1) is 0 Å². The van der Waals surface area contributed by atoms with Crippen molar-refractivity contribution in [2.45, 2.75) is 32.5 Å². The van der Waals surface area contributed by atoms with E-state index in [1.165, 1.54) is 18.0 Å². The summed E-state index contributed by atoms with van der Waals surface area (Å²) in [5.74, 6) is 0.773. The summed E-state index contributed by atoms with van der Waals surface area (Å²) in [5, 5.41) is 5.72. The summed E-state index contributed by atoms with van der Waals surface area (Å²) >= 11 is 1.83. The van der Waals surface area contributed by atoms with Crippen molar-refractivity contribution in [1.82, 2.24) is 15.1 Å². The Morgan fingerprint density at radius 3 is 2.84 bits per heavy atom. The van der Waals surface area contributed by atoms with Crippen LogP contribution in [0.15, 0.2) is 17.5 Å². The monoisotopic (exact) mass is 281 g/mol. The Hall–Kier alpha value is -0.420. The van der Waals surface area contributed by atoms with Gasteiger partial charge in [-0.15, -0.1) is 11.3 Å². The molecule has 19 heavy (non-hydrogen) atoms. The van der Waals surface area contributed by atoms with Crippen molar-refractivity contribution in [3.05, 3.63) is 22.4 Å². The average molecular weight is 281 g/mol. The Morgan fingerprint density at radius 1 is 1.47 bits per heavy atom. The van der Waals surface area contributed by atoms with E-state index in [9.17, 15) is 0 Å². The molecule has 0 saturated carbocycles. The molecule has 0 bridgehead atoms. The van der Waals surface area contributed by atoms with Crippen LogP contribution in [0.1, 0.15) is 18.7 Å². The first-order valence-electron chi connectivity index (χ1n) is 7.21. The predicted octanol–water partition coefficient (Wildman–Crippen LogP) is 2.11. The summed E-state index contributed by atoms with van der Waals surface area (Å²) in [6, 6.07) is 5.64. The average Bonchev–Trinajstić information content (AvgIpc) is 2.98. The van der Waals surface area contributed by atoms with Crippen LogP contribution in [0.5, 0.6) is 0 Å². The van der Waals surface area contributed by atoms with Gasteiger partial charge in [-0.3, -0.25) is 4.90 Å². The normalized spacial score (nSPS) is 26.2. The van der Waals surface area contributed by atoms with Crippen molar-refractivity contribution >= 4 is 11.3 Å². The molecule has 108 valence electrons. The maximum Gasteiger partial charge on any atom is 0.0300 e. The fourth-order valence-corrected chi connectivity index (χ4v) is 3.64. The molecule has 2 rings (SSSR count). The summed E-state index contributed by atoms with van der Waals surface area (Å²) in [7, 11) is 4.40. The van der Waals surface area contributed by atoms with Crippen molar-refractivity contribution in [1.29, 1.82) is 0 Å². The van der Waals surface area contributed by atoms with Gasteiger partial charge >= 0.3 is 0 Å². The maximum absolute atomic E-state index is 3.58. The number of thiophene rings is 1. The molecule has 1 saturated heterocycles. The Morgan fingerprint density at radius 2 is 2.26 bits per heavy atom. The molecule has 1 aliphatic heterocycles. The van der Waals surface area contributed by atoms with Gasteiger partial charge in [-0.05, 0) is 38.4 Å². The van der Waals surface area contributed by atoms with E-state index in [1.807, 2.05) is 11.3 Å². The lowest BCUT2D eigenvalue weighted by molar-refractivity contribution is 0.221. The van der Waals surface area contributed by atoms with Crippen LogP contribution in [-0.4, -0.2) is 55.6 Å². The number of hydrogen-bond donors (Lipinski definition) is 1. The molecular weight excluding hydrogens is 254 g/mol. The van der Waals surface area contributed by atoms with Gasteiger partial charge in [-0.2, -0.15) is 0 Å². The van der Waals surface area contributed by atoms with E-state index in [0.29, 0.717) is 12.1 Å². The summed E-state index contributed by atoms with van der Waals surface area (Å²) < 4.78 is 0. The molecule has 0 spiro atoms. The molecule has 0 aromatic carbocycles. The Kier molecular flexibility index (Phi) is 5.39. The van der Waals surface area contributed by atoms with Gasteiger partial charge in [0, 0.05) is 43.1 Å². The van der Waals surface area contributed by atoms with Gasteiger partial charge in [-0.25, -0.2) is 0 Å². The van der Waals surface area contributed by atoms with Crippen LogP contribution in [0.3, 0.4) is 0 Å². The van der Waals surface area contributed by atoms with Crippen molar-refractivity contribution in [3.8, 4) is 0 Å². The third-order valence-electron chi connectivity index (χ3n) is 4.21. The maximum atomic E-state index is 3.58. The van der Waals surface area contributed by atoms with Gasteiger partial charge in [0.2, 0.25) is 0 Å². The molecule has 1 N–H and O–H groups in total. The van der Waals surface area contributed by atoms with Gasteiger partial charge in [-0.1, -0.05) is 13.0 Å². The van der Waals surface area contributed by atoms with Crippen LogP contribution in [0, 0.1) is 5.92 Å². The Balaban J connectivity index is 1.73. The third kappa shape index (κ3) is 4.02. The Labute approximate surface area is 121 Å². The first kappa shape index (κ1) is 15.0. The zero-order valence-corrected chi connectivity index (χ0v) is 13.4. The van der Waals surface area contributed by atoms with Crippen LogP contribution in [0.2, 0.25) is 0 Å². The lowest BCUT2D eigenvalue weighted by Crippen LogP contribution is -2.40. The zero-order chi connectivity index (χ0) is 13.8. The molecule has 0 radical (unpaired) electrons. The molecule has 3 nitrogen and oxygen atoms in total. The van der Waals surface area contributed by atoms with E-state index >= 15 is 0 Å². The molecule has 3 unspecified atom stereocenters. The highest BCUT2D eigenvalue weighted by Crippen LogP contribution is 2.21. The number of likely N-dealkylation sites (tertiary alicyclic amines) is 1. The first-order valence-corrected chi connectivity index (χ1v) is 8.09. The summed E-state index contributed by atoms with van der Waals surface area (Å²) in [5.41, 5.74) is 0. The van der Waals surface area contributed by atoms with E-state index in [1.54, 1.807) is 0 Å². The predicted molar refractivity (Wildman–Crippen MR) is 83.7 cm³/mol. The highest BCUT2D eigenvalue weighted by Gasteiger charge is 2.32. The molecule has 1 aromatic rings. The first-order chi connectivity index (χ1) is 9.08. The smallest absolute Gasteiger partial charge is 0.0300 e. The van der Waals surface area contributed by atoms with Crippen LogP contribution in [0.25, 0.3) is 0 Å². The van der Waals surface area contributed by atoms with E-state index in [2.05, 4.69) is 60.6 Å². The summed E-state index contributed by atoms with van der Waals surface area (Å²) in [6.07, 6.45) is 0. The second-order valence-corrected chi connectivity index (χ2v) is 7.05. The number of likely N-dealkylation sites (N-methyl/N-ethyl adjacent to an activating group) is 1. The lowest BCUT2D eigenvalue weighted by atomic mass is 10.1. The van der Waals surface area contributed by atoms with Gasteiger partial charge in [0.25, 0.3) is 0 Å². The standard InChI is InChI=1S/C15H27N3S/c1-12-10-18(11-15(12)17(3)4)13(2)8-16-9-14-6-5-7-19-14/h5-7,12-13,15-16H,8-11H2,1-4H3. The second-order valence-electron chi connectivity index (χ2n) is 6.02. The van der Waals surface area contributed by atoms with Gasteiger partial charge in [0.15, 0.2) is 0 Å². The van der Waals surface area contributed by atoms with Gasteiger partial charge in [0.1, 0.15) is 0 Å². The van der Waals surface area contributed by atoms with Crippen LogP contribution >= 0.6 is 11.3 Å². The van der Waals surface area contributed by atoms with Crippen molar-refractivity contribution < 1.29 is 0 Å². The minimum atomic E-state index is 0.618. The van der Waals surface area contributed by atoms with Crippen LogP contribution in [0.4, 0.5) is 0 Å². The highest BCUT2D eigenvalue weighted by molar-refractivity contribution is 7.09. The van der Waals surface area contributed by atoms with E-state index in [0.717, 1.165) is 19.0 Å². The molecule has 1 fully saturated rings. The van der Waals surface area contributed by atoms with Crippen molar-refractivity contribution in [2.24, 2.45) is 5.92 Å². The third-order valence-corrected chi connectivity index (χ3v) is 5.08.